The zero-order chi connectivity index (χ0) is 17.8. The molecular weight excluding hydrogens is 328 g/mol. The second kappa shape index (κ2) is 7.49. The van der Waals surface area contributed by atoms with E-state index in [1.54, 1.807) is 0 Å². The molecule has 0 atom stereocenters. The predicted octanol–water partition coefficient (Wildman–Crippen LogP) is 4.67. The number of thiocarbonyl (C=S) groups is 1. The van der Waals surface area contributed by atoms with Crippen LogP contribution in [-0.2, 0) is 6.54 Å². The lowest BCUT2D eigenvalue weighted by molar-refractivity contribution is 0.689. The summed E-state index contributed by atoms with van der Waals surface area (Å²) in [6.45, 7) is 7.00. The Morgan fingerprint density at radius 1 is 1.04 bits per heavy atom. The third kappa shape index (κ3) is 4.45. The maximum absolute atomic E-state index is 5.41. The van der Waals surface area contributed by atoms with Crippen LogP contribution in [0.5, 0.6) is 0 Å². The molecule has 1 heterocycles. The fourth-order valence-electron chi connectivity index (χ4n) is 2.67. The van der Waals surface area contributed by atoms with Crippen molar-refractivity contribution in [1.82, 2.24) is 9.78 Å². The van der Waals surface area contributed by atoms with Gasteiger partial charge in [0.1, 0.15) is 0 Å². The molecule has 0 aliphatic carbocycles. The van der Waals surface area contributed by atoms with Crippen molar-refractivity contribution in [1.29, 1.82) is 0 Å². The second-order valence-electron chi connectivity index (χ2n) is 6.21. The topological polar surface area (TPSA) is 41.9 Å². The minimum absolute atomic E-state index is 0.537. The van der Waals surface area contributed by atoms with Gasteiger partial charge in [0.15, 0.2) is 10.9 Å². The number of rotatable bonds is 4. The largest absolute Gasteiger partial charge is 0.332 e. The minimum atomic E-state index is 0.537. The fourth-order valence-corrected chi connectivity index (χ4v) is 2.88. The number of benzene rings is 2. The molecule has 0 amide bonds. The molecule has 0 radical (unpaired) electrons. The molecule has 3 rings (SSSR count). The first-order chi connectivity index (χ1) is 12.0. The summed E-state index contributed by atoms with van der Waals surface area (Å²) in [4.78, 5) is 0. The number of nitrogens with zero attached hydrogens (tertiary/aromatic N) is 2. The maximum Gasteiger partial charge on any atom is 0.176 e. The maximum atomic E-state index is 5.41. The van der Waals surface area contributed by atoms with Gasteiger partial charge in [-0.15, -0.1) is 0 Å². The molecule has 0 unspecified atom stereocenters. The minimum Gasteiger partial charge on any atom is -0.332 e. The molecule has 0 saturated heterocycles. The van der Waals surface area contributed by atoms with Crippen molar-refractivity contribution in [3.63, 3.8) is 0 Å². The smallest absolute Gasteiger partial charge is 0.176 e. The molecule has 4 nitrogen and oxygen atoms in total. The van der Waals surface area contributed by atoms with Gasteiger partial charge in [-0.25, -0.2) is 0 Å². The lowest BCUT2D eigenvalue weighted by Gasteiger charge is -2.12. The van der Waals surface area contributed by atoms with Gasteiger partial charge in [0.2, 0.25) is 0 Å². The normalized spacial score (nSPS) is 10.5. The molecule has 128 valence electrons. The Kier molecular flexibility index (Phi) is 5.14. The van der Waals surface area contributed by atoms with Crippen molar-refractivity contribution >= 4 is 28.8 Å². The van der Waals surface area contributed by atoms with Gasteiger partial charge >= 0.3 is 0 Å². The van der Waals surface area contributed by atoms with Gasteiger partial charge in [-0.05, 0) is 55.7 Å². The van der Waals surface area contributed by atoms with Crippen LogP contribution in [0.3, 0.4) is 0 Å². The first kappa shape index (κ1) is 17.2. The van der Waals surface area contributed by atoms with Crippen LogP contribution >= 0.6 is 12.2 Å². The van der Waals surface area contributed by atoms with Crippen LogP contribution in [0.2, 0.25) is 0 Å². The third-order valence-corrected chi connectivity index (χ3v) is 4.37. The van der Waals surface area contributed by atoms with Crippen molar-refractivity contribution in [2.24, 2.45) is 0 Å². The molecule has 2 N–H and O–H groups in total. The highest BCUT2D eigenvalue weighted by Crippen LogP contribution is 2.18. The average molecular weight is 350 g/mol. The van der Waals surface area contributed by atoms with E-state index in [9.17, 15) is 0 Å². The number of anilines is 2. The van der Waals surface area contributed by atoms with Crippen LogP contribution in [0.25, 0.3) is 0 Å². The molecule has 2 aromatic carbocycles. The van der Waals surface area contributed by atoms with Gasteiger partial charge < -0.3 is 10.6 Å². The average Bonchev–Trinajstić information content (AvgIpc) is 2.98. The number of hydrogen-bond donors (Lipinski definition) is 2. The van der Waals surface area contributed by atoms with E-state index in [-0.39, 0.29) is 0 Å². The summed E-state index contributed by atoms with van der Waals surface area (Å²) in [5.41, 5.74) is 5.91. The van der Waals surface area contributed by atoms with Crippen molar-refractivity contribution < 1.29 is 0 Å². The number of nitrogens with one attached hydrogen (secondary N) is 2. The zero-order valence-electron chi connectivity index (χ0n) is 14.7. The summed E-state index contributed by atoms with van der Waals surface area (Å²) in [6.07, 6.45) is 1.95. The van der Waals surface area contributed by atoms with E-state index in [1.165, 1.54) is 22.3 Å². The van der Waals surface area contributed by atoms with E-state index < -0.39 is 0 Å². The summed E-state index contributed by atoms with van der Waals surface area (Å²) >= 11 is 5.41. The molecule has 0 bridgehead atoms. The van der Waals surface area contributed by atoms with Gasteiger partial charge in [0.25, 0.3) is 0 Å². The van der Waals surface area contributed by atoms with Gasteiger partial charge in [-0.2, -0.15) is 5.10 Å². The Bertz CT molecular complexity index is 898. The standard InChI is InChI=1S/C20H22N4S/c1-14-6-4-8-17(12-14)13-24-11-10-19(23-24)22-20(25)21-18-9-5-7-15(2)16(18)3/h4-12H,13H2,1-3H3,(H2,21,22,23,25). The zero-order valence-corrected chi connectivity index (χ0v) is 15.5. The van der Waals surface area contributed by atoms with Crippen molar-refractivity contribution in [3.8, 4) is 0 Å². The Morgan fingerprint density at radius 3 is 2.64 bits per heavy atom. The lowest BCUT2D eigenvalue weighted by Crippen LogP contribution is -2.20. The molecule has 0 saturated carbocycles. The van der Waals surface area contributed by atoms with Gasteiger partial charge in [0.05, 0.1) is 6.54 Å². The molecule has 3 aromatic rings. The number of hydrogen-bond acceptors (Lipinski definition) is 2. The van der Waals surface area contributed by atoms with Gasteiger partial charge in [-0.3, -0.25) is 4.68 Å². The first-order valence-electron chi connectivity index (χ1n) is 8.24. The van der Waals surface area contributed by atoms with Crippen LogP contribution in [0.1, 0.15) is 22.3 Å². The molecule has 0 fully saturated rings. The highest BCUT2D eigenvalue weighted by molar-refractivity contribution is 7.80. The predicted molar refractivity (Wildman–Crippen MR) is 108 cm³/mol. The van der Waals surface area contributed by atoms with Crippen molar-refractivity contribution in [2.75, 3.05) is 10.6 Å². The van der Waals surface area contributed by atoms with E-state index >= 15 is 0 Å². The van der Waals surface area contributed by atoms with Crippen LogP contribution in [-0.4, -0.2) is 14.9 Å². The highest BCUT2D eigenvalue weighted by atomic mass is 32.1. The monoisotopic (exact) mass is 350 g/mol. The van der Waals surface area contributed by atoms with Crippen LogP contribution in [0.15, 0.2) is 54.7 Å². The van der Waals surface area contributed by atoms with Crippen molar-refractivity contribution in [2.45, 2.75) is 27.3 Å². The summed E-state index contributed by atoms with van der Waals surface area (Å²) < 4.78 is 1.90. The van der Waals surface area contributed by atoms with Crippen LogP contribution in [0.4, 0.5) is 11.5 Å². The summed E-state index contributed by atoms with van der Waals surface area (Å²) in [6, 6.07) is 16.5. The Balaban J connectivity index is 1.63. The molecule has 25 heavy (non-hydrogen) atoms. The quantitative estimate of drug-likeness (QED) is 0.671. The molecule has 0 aliphatic heterocycles. The SMILES string of the molecule is Cc1cccc(Cn2ccc(NC(=S)Nc3cccc(C)c3C)n2)c1. The van der Waals surface area contributed by atoms with E-state index in [4.69, 9.17) is 12.2 Å². The van der Waals surface area contributed by atoms with Crippen molar-refractivity contribution in [3.05, 3.63) is 77.0 Å². The van der Waals surface area contributed by atoms with Crippen LogP contribution < -0.4 is 10.6 Å². The third-order valence-electron chi connectivity index (χ3n) is 4.16. The first-order valence-corrected chi connectivity index (χ1v) is 8.65. The molecule has 0 spiro atoms. The van der Waals surface area contributed by atoms with E-state index in [0.717, 1.165) is 18.1 Å². The van der Waals surface area contributed by atoms with E-state index in [1.807, 2.05) is 29.1 Å². The Hall–Kier alpha value is -2.66. The summed E-state index contributed by atoms with van der Waals surface area (Å²) in [5.74, 6) is 0.732. The number of aryl methyl sites for hydroxylation is 2. The highest BCUT2D eigenvalue weighted by Gasteiger charge is 2.05. The molecular formula is C20H22N4S. The molecule has 5 heteroatoms. The van der Waals surface area contributed by atoms with Crippen LogP contribution in [0, 0.1) is 20.8 Å². The second-order valence-corrected chi connectivity index (χ2v) is 6.62. The molecule has 1 aromatic heterocycles. The summed E-state index contributed by atoms with van der Waals surface area (Å²) in [7, 11) is 0. The molecule has 0 aliphatic rings. The Labute approximate surface area is 153 Å². The lowest BCUT2D eigenvalue weighted by atomic mass is 10.1. The van der Waals surface area contributed by atoms with Gasteiger partial charge in [-0.1, -0.05) is 42.0 Å². The summed E-state index contributed by atoms with van der Waals surface area (Å²) in [5, 5.41) is 11.5. The van der Waals surface area contributed by atoms with E-state index in [2.05, 4.69) is 66.8 Å². The van der Waals surface area contributed by atoms with Gasteiger partial charge in [0, 0.05) is 18.0 Å². The number of aromatic nitrogens is 2. The fraction of sp³-hybridized carbons (Fsp3) is 0.200. The Morgan fingerprint density at radius 2 is 1.84 bits per heavy atom. The van der Waals surface area contributed by atoms with E-state index in [0.29, 0.717) is 5.11 Å².